The molecule has 0 unspecified atom stereocenters. The molecule has 1 fully saturated rings. The Morgan fingerprint density at radius 1 is 1.33 bits per heavy atom. The van der Waals surface area contributed by atoms with Crippen LogP contribution in [0, 0.1) is 5.92 Å². The third-order valence-electron chi connectivity index (χ3n) is 5.88. The summed E-state index contributed by atoms with van der Waals surface area (Å²) < 4.78 is 7.76. The van der Waals surface area contributed by atoms with E-state index < -0.39 is 0 Å². The van der Waals surface area contributed by atoms with E-state index in [1.807, 2.05) is 10.7 Å². The van der Waals surface area contributed by atoms with Crippen LogP contribution in [0.1, 0.15) is 55.5 Å². The number of nitrogens with one attached hydrogen (secondary N) is 1. The molecule has 2 aliphatic carbocycles. The number of aryl methyl sites for hydroxylation is 1. The Morgan fingerprint density at radius 3 is 3.07 bits per heavy atom. The first-order chi connectivity index (χ1) is 14.7. The zero-order valence-corrected chi connectivity index (χ0v) is 18.6. The number of carbonyl (C=O) groups is 1. The number of hydrogen-bond donors (Lipinski definition) is 1. The molecule has 1 saturated carbocycles. The number of carbonyl (C=O) groups excluding carboxylic acids is 1. The van der Waals surface area contributed by atoms with Crippen LogP contribution in [0.5, 0.6) is 0 Å². The van der Waals surface area contributed by atoms with Gasteiger partial charge in [0.2, 0.25) is 5.91 Å². The Balaban J connectivity index is 1.18. The summed E-state index contributed by atoms with van der Waals surface area (Å²) in [6, 6.07) is 4.43. The van der Waals surface area contributed by atoms with E-state index in [2.05, 4.69) is 33.6 Å². The zero-order valence-electron chi connectivity index (χ0n) is 17.0. The van der Waals surface area contributed by atoms with Crippen LogP contribution in [0.15, 0.2) is 28.0 Å². The average Bonchev–Trinajstić information content (AvgIpc) is 3.51. The second kappa shape index (κ2) is 8.55. The fraction of sp³-hybridized carbons (Fsp3) is 0.524. The summed E-state index contributed by atoms with van der Waals surface area (Å²) in [5.41, 5.74) is 1.42. The topological polar surface area (TPSA) is 85.8 Å². The van der Waals surface area contributed by atoms with Gasteiger partial charge in [0.05, 0.1) is 22.9 Å². The largest absolute Gasteiger partial charge is 0.410 e. The highest BCUT2D eigenvalue weighted by Crippen LogP contribution is 2.37. The highest BCUT2D eigenvalue weighted by molar-refractivity contribution is 7.99. The molecule has 0 spiro atoms. The van der Waals surface area contributed by atoms with Crippen LogP contribution in [-0.4, -0.2) is 31.6 Å². The molecule has 2 aliphatic rings. The summed E-state index contributed by atoms with van der Waals surface area (Å²) in [5, 5.41) is 16.1. The molecule has 3 aromatic rings. The maximum Gasteiger partial charge on any atom is 0.277 e. The number of fused-ring (bicyclic) bond motifs is 1. The molecule has 5 rings (SSSR count). The fourth-order valence-electron chi connectivity index (χ4n) is 4.34. The Bertz CT molecular complexity index is 1030. The van der Waals surface area contributed by atoms with Gasteiger partial charge in [0.1, 0.15) is 5.82 Å². The lowest BCUT2D eigenvalue weighted by atomic mass is 9.90. The first-order valence-corrected chi connectivity index (χ1v) is 12.4. The quantitative estimate of drug-likeness (QED) is 0.542. The minimum Gasteiger partial charge on any atom is -0.410 e. The lowest BCUT2D eigenvalue weighted by molar-refractivity contribution is -0.113. The number of thioether (sulfide) groups is 1. The average molecular weight is 444 g/mol. The fourth-order valence-corrected chi connectivity index (χ4v) is 6.03. The highest BCUT2D eigenvalue weighted by Gasteiger charge is 2.22. The third kappa shape index (κ3) is 4.18. The first kappa shape index (κ1) is 19.8. The number of amides is 1. The van der Waals surface area contributed by atoms with Crippen molar-refractivity contribution in [2.24, 2.45) is 5.92 Å². The van der Waals surface area contributed by atoms with Gasteiger partial charge in [-0.2, -0.15) is 5.10 Å². The molecular weight excluding hydrogens is 418 g/mol. The number of rotatable bonds is 6. The summed E-state index contributed by atoms with van der Waals surface area (Å²) in [5.74, 6) is 2.16. The first-order valence-electron chi connectivity index (χ1n) is 10.6. The van der Waals surface area contributed by atoms with Crippen molar-refractivity contribution in [3.8, 4) is 10.8 Å². The second-order valence-corrected chi connectivity index (χ2v) is 10.3. The van der Waals surface area contributed by atoms with E-state index in [0.29, 0.717) is 17.2 Å². The second-order valence-electron chi connectivity index (χ2n) is 8.22. The van der Waals surface area contributed by atoms with Crippen molar-refractivity contribution in [3.63, 3.8) is 0 Å². The summed E-state index contributed by atoms with van der Waals surface area (Å²) in [6.07, 6.45) is 9.93. The molecule has 3 aromatic heterocycles. The molecule has 1 atom stereocenters. The van der Waals surface area contributed by atoms with Gasteiger partial charge in [-0.05, 0) is 49.7 Å². The lowest BCUT2D eigenvalue weighted by Crippen LogP contribution is -2.19. The van der Waals surface area contributed by atoms with E-state index in [1.54, 1.807) is 17.5 Å². The van der Waals surface area contributed by atoms with Gasteiger partial charge in [-0.15, -0.1) is 21.5 Å². The molecule has 3 heterocycles. The zero-order chi connectivity index (χ0) is 20.5. The number of nitrogens with zero attached hydrogens (tertiary/aromatic N) is 4. The molecule has 1 amide bonds. The van der Waals surface area contributed by atoms with E-state index in [1.165, 1.54) is 41.5 Å². The van der Waals surface area contributed by atoms with Gasteiger partial charge in [0, 0.05) is 10.9 Å². The SMILES string of the molecule is C[C@@H]1CCc2sc(-c3nnc(SCC(=O)Nc4ccnn4C4CCCC4)o3)cc2C1. The Labute approximate surface area is 183 Å². The number of hydrogen-bond acceptors (Lipinski definition) is 7. The van der Waals surface area contributed by atoms with Crippen molar-refractivity contribution in [1.29, 1.82) is 0 Å². The van der Waals surface area contributed by atoms with Gasteiger partial charge < -0.3 is 9.73 Å². The van der Waals surface area contributed by atoms with E-state index >= 15 is 0 Å². The van der Waals surface area contributed by atoms with Gasteiger partial charge >= 0.3 is 0 Å². The van der Waals surface area contributed by atoms with E-state index in [9.17, 15) is 4.79 Å². The monoisotopic (exact) mass is 443 g/mol. The van der Waals surface area contributed by atoms with Crippen LogP contribution in [0.25, 0.3) is 10.8 Å². The standard InChI is InChI=1S/C21H25N5O2S2/c1-13-6-7-16-14(10-13)11-17(30-16)20-24-25-21(28-20)29-12-19(27)23-18-8-9-22-26(18)15-4-2-3-5-15/h8-9,11,13,15H,2-7,10,12H2,1H3,(H,23,27)/t13-/m1/s1. The van der Waals surface area contributed by atoms with Crippen LogP contribution in [0.3, 0.4) is 0 Å². The highest BCUT2D eigenvalue weighted by atomic mass is 32.2. The van der Waals surface area contributed by atoms with Crippen LogP contribution in [-0.2, 0) is 17.6 Å². The van der Waals surface area contributed by atoms with E-state index in [4.69, 9.17) is 4.42 Å². The molecule has 0 radical (unpaired) electrons. The predicted octanol–water partition coefficient (Wildman–Crippen LogP) is 4.97. The molecule has 7 nitrogen and oxygen atoms in total. The predicted molar refractivity (Wildman–Crippen MR) is 118 cm³/mol. The number of aromatic nitrogens is 4. The van der Waals surface area contributed by atoms with Crippen molar-refractivity contribution < 1.29 is 9.21 Å². The number of anilines is 1. The molecule has 0 bridgehead atoms. The molecule has 0 aliphatic heterocycles. The summed E-state index contributed by atoms with van der Waals surface area (Å²) in [4.78, 5) is 14.9. The molecule has 1 N–H and O–H groups in total. The lowest BCUT2D eigenvalue weighted by Gasteiger charge is -2.16. The normalized spacial score (nSPS) is 19.2. The molecule has 158 valence electrons. The van der Waals surface area contributed by atoms with Crippen molar-refractivity contribution in [2.45, 2.75) is 63.1 Å². The van der Waals surface area contributed by atoms with Gasteiger partial charge in [-0.25, -0.2) is 4.68 Å². The van der Waals surface area contributed by atoms with Gasteiger partial charge in [0.15, 0.2) is 0 Å². The molecule has 0 aromatic carbocycles. The van der Waals surface area contributed by atoms with Crippen molar-refractivity contribution in [1.82, 2.24) is 20.0 Å². The third-order valence-corrected chi connectivity index (χ3v) is 7.93. The molecular formula is C21H25N5O2S2. The van der Waals surface area contributed by atoms with Crippen LogP contribution in [0.2, 0.25) is 0 Å². The Hall–Kier alpha value is -2.13. The summed E-state index contributed by atoms with van der Waals surface area (Å²) in [7, 11) is 0. The van der Waals surface area contributed by atoms with Gasteiger partial charge in [0.25, 0.3) is 11.1 Å². The van der Waals surface area contributed by atoms with Crippen LogP contribution in [0.4, 0.5) is 5.82 Å². The van der Waals surface area contributed by atoms with Crippen molar-refractivity contribution >= 4 is 34.8 Å². The van der Waals surface area contributed by atoms with E-state index in [-0.39, 0.29) is 11.7 Å². The van der Waals surface area contributed by atoms with E-state index in [0.717, 1.165) is 42.3 Å². The molecule has 30 heavy (non-hydrogen) atoms. The molecule has 0 saturated heterocycles. The van der Waals surface area contributed by atoms with Gasteiger partial charge in [-0.3, -0.25) is 4.79 Å². The minimum atomic E-state index is -0.0972. The Morgan fingerprint density at radius 2 is 2.20 bits per heavy atom. The number of thiophene rings is 1. The van der Waals surface area contributed by atoms with Gasteiger partial charge in [-0.1, -0.05) is 31.5 Å². The Kier molecular flexibility index (Phi) is 5.64. The van der Waals surface area contributed by atoms with Crippen LogP contribution >= 0.6 is 23.1 Å². The minimum absolute atomic E-state index is 0.0972. The maximum absolute atomic E-state index is 12.4. The smallest absolute Gasteiger partial charge is 0.277 e. The molecule has 9 heteroatoms. The maximum atomic E-state index is 12.4. The van der Waals surface area contributed by atoms with Crippen LogP contribution < -0.4 is 5.32 Å². The van der Waals surface area contributed by atoms with Crippen molar-refractivity contribution in [3.05, 3.63) is 28.8 Å². The summed E-state index contributed by atoms with van der Waals surface area (Å²) in [6.45, 7) is 2.30. The van der Waals surface area contributed by atoms with Crippen molar-refractivity contribution in [2.75, 3.05) is 11.1 Å². The summed E-state index contributed by atoms with van der Waals surface area (Å²) >= 11 is 3.01.